The number of nitrogens with zero attached hydrogens (tertiary/aromatic N) is 4. The third-order valence-corrected chi connectivity index (χ3v) is 5.46. The summed E-state index contributed by atoms with van der Waals surface area (Å²) in [5.41, 5.74) is 3.33. The van der Waals surface area contributed by atoms with Crippen molar-refractivity contribution >= 4 is 16.9 Å². The molecule has 0 aliphatic carbocycles. The molecule has 1 aromatic heterocycles. The lowest BCUT2D eigenvalue weighted by molar-refractivity contribution is -0.160. The summed E-state index contributed by atoms with van der Waals surface area (Å²) in [7, 11) is 1.91. The molecule has 2 heterocycles. The molecule has 1 N–H and O–H groups in total. The molecule has 2 aromatic carbocycles. The molecular weight excluding hydrogens is 368 g/mol. The molecule has 0 radical (unpaired) electrons. The van der Waals surface area contributed by atoms with Gasteiger partial charge in [-0.15, -0.1) is 0 Å². The van der Waals surface area contributed by atoms with Gasteiger partial charge in [-0.2, -0.15) is 0 Å². The summed E-state index contributed by atoms with van der Waals surface area (Å²) in [4.78, 5) is 16.8. The first-order chi connectivity index (χ1) is 13.9. The van der Waals surface area contributed by atoms with Crippen LogP contribution in [0.3, 0.4) is 0 Å². The van der Waals surface area contributed by atoms with E-state index in [-0.39, 0.29) is 12.5 Å². The summed E-state index contributed by atoms with van der Waals surface area (Å²) in [5.74, 6) is -0.187. The highest BCUT2D eigenvalue weighted by Crippen LogP contribution is 2.26. The minimum absolute atomic E-state index is 0.187. The van der Waals surface area contributed by atoms with Crippen molar-refractivity contribution in [2.75, 3.05) is 20.1 Å². The van der Waals surface area contributed by atoms with Gasteiger partial charge in [-0.25, -0.2) is 4.63 Å². The van der Waals surface area contributed by atoms with Gasteiger partial charge in [-0.3, -0.25) is 9.69 Å². The Morgan fingerprint density at radius 2 is 2.00 bits per heavy atom. The largest absolute Gasteiger partial charge is 0.379 e. The SMILES string of the molecule is Cc1cccc(CN2CCC[C@](O)(CN(C)Cc3ccc4nonc4c3)C2=O)c1. The molecule has 1 aliphatic heterocycles. The van der Waals surface area contributed by atoms with Gasteiger partial charge in [-0.05, 0) is 60.4 Å². The zero-order valence-corrected chi connectivity index (χ0v) is 16.8. The predicted octanol–water partition coefficient (Wildman–Crippen LogP) is 2.52. The second kappa shape index (κ2) is 7.93. The van der Waals surface area contributed by atoms with Crippen molar-refractivity contribution < 1.29 is 14.5 Å². The molecule has 3 aromatic rings. The van der Waals surface area contributed by atoms with E-state index in [9.17, 15) is 9.90 Å². The average Bonchev–Trinajstić information content (AvgIpc) is 3.13. The maximum Gasteiger partial charge on any atom is 0.256 e. The fourth-order valence-electron chi connectivity index (χ4n) is 4.13. The second-order valence-electron chi connectivity index (χ2n) is 8.11. The molecule has 29 heavy (non-hydrogen) atoms. The fraction of sp³-hybridized carbons (Fsp3) is 0.409. The van der Waals surface area contributed by atoms with E-state index in [1.165, 1.54) is 5.56 Å². The Morgan fingerprint density at radius 1 is 1.17 bits per heavy atom. The molecule has 152 valence electrons. The van der Waals surface area contributed by atoms with Crippen LogP contribution in [0, 0.1) is 6.92 Å². The minimum atomic E-state index is -1.36. The van der Waals surface area contributed by atoms with Crippen LogP contribution >= 0.6 is 0 Å². The van der Waals surface area contributed by atoms with Gasteiger partial charge in [0.25, 0.3) is 5.91 Å². The molecular formula is C22H26N4O3. The summed E-state index contributed by atoms with van der Waals surface area (Å²) in [6, 6.07) is 13.9. The number of likely N-dealkylation sites (tertiary alicyclic amines) is 1. The van der Waals surface area contributed by atoms with Gasteiger partial charge in [0.15, 0.2) is 5.60 Å². The van der Waals surface area contributed by atoms with E-state index < -0.39 is 5.60 Å². The zero-order chi connectivity index (χ0) is 20.4. The number of aliphatic hydroxyl groups is 1. The predicted molar refractivity (Wildman–Crippen MR) is 109 cm³/mol. The number of carbonyl (C=O) groups excluding carboxylic acids is 1. The monoisotopic (exact) mass is 394 g/mol. The van der Waals surface area contributed by atoms with Crippen LogP contribution in [-0.2, 0) is 17.9 Å². The van der Waals surface area contributed by atoms with Crippen molar-refractivity contribution in [1.29, 1.82) is 0 Å². The van der Waals surface area contributed by atoms with Gasteiger partial charge in [0.1, 0.15) is 11.0 Å². The van der Waals surface area contributed by atoms with Gasteiger partial charge in [0, 0.05) is 26.2 Å². The molecule has 0 bridgehead atoms. The molecule has 4 rings (SSSR count). The Labute approximate surface area is 169 Å². The zero-order valence-electron chi connectivity index (χ0n) is 16.8. The van der Waals surface area contributed by atoms with Crippen LogP contribution in [0.4, 0.5) is 0 Å². The molecule has 7 nitrogen and oxygen atoms in total. The van der Waals surface area contributed by atoms with Crippen LogP contribution in [0.15, 0.2) is 47.1 Å². The van der Waals surface area contributed by atoms with Crippen molar-refractivity contribution in [2.24, 2.45) is 0 Å². The summed E-state index contributed by atoms with van der Waals surface area (Å²) in [5, 5.41) is 18.8. The lowest BCUT2D eigenvalue weighted by Crippen LogP contribution is -2.57. The number of amides is 1. The lowest BCUT2D eigenvalue weighted by atomic mass is 9.90. The molecule has 1 fully saturated rings. The number of aromatic nitrogens is 2. The number of piperidine rings is 1. The van der Waals surface area contributed by atoms with Crippen LogP contribution < -0.4 is 0 Å². The van der Waals surface area contributed by atoms with E-state index >= 15 is 0 Å². The standard InChI is InChI=1S/C22H26N4O3/c1-16-5-3-6-17(11-16)14-26-10-4-9-22(28,21(26)27)15-25(2)13-18-7-8-19-20(12-18)24-29-23-19/h3,5-8,11-12,28H,4,9-10,13-15H2,1-2H3/t22-/m0/s1. The van der Waals surface area contributed by atoms with Gasteiger partial charge < -0.3 is 10.0 Å². The van der Waals surface area contributed by atoms with Crippen molar-refractivity contribution in [2.45, 2.75) is 38.5 Å². The van der Waals surface area contributed by atoms with Crippen LogP contribution in [0.2, 0.25) is 0 Å². The first-order valence-electron chi connectivity index (χ1n) is 9.90. The minimum Gasteiger partial charge on any atom is -0.379 e. The van der Waals surface area contributed by atoms with Crippen molar-refractivity contribution in [3.63, 3.8) is 0 Å². The fourth-order valence-corrected chi connectivity index (χ4v) is 4.13. The first kappa shape index (κ1) is 19.5. The highest BCUT2D eigenvalue weighted by Gasteiger charge is 2.42. The normalized spacial score (nSPS) is 20.0. The lowest BCUT2D eigenvalue weighted by Gasteiger charge is -2.40. The molecule has 0 spiro atoms. The topological polar surface area (TPSA) is 82.7 Å². The van der Waals surface area contributed by atoms with Crippen LogP contribution in [0.1, 0.15) is 29.5 Å². The van der Waals surface area contributed by atoms with Crippen LogP contribution in [-0.4, -0.2) is 56.9 Å². The molecule has 1 amide bonds. The van der Waals surface area contributed by atoms with Gasteiger partial charge in [0.2, 0.25) is 0 Å². The number of fused-ring (bicyclic) bond motifs is 1. The Balaban J connectivity index is 1.42. The van der Waals surface area contributed by atoms with E-state index in [4.69, 9.17) is 4.63 Å². The summed E-state index contributed by atoms with van der Waals surface area (Å²) in [6.07, 6.45) is 1.27. The maximum atomic E-state index is 13.1. The number of hydrogen-bond donors (Lipinski definition) is 1. The molecule has 1 aliphatic rings. The molecule has 0 unspecified atom stereocenters. The Hall–Kier alpha value is -2.77. The third-order valence-electron chi connectivity index (χ3n) is 5.46. The van der Waals surface area contributed by atoms with Crippen molar-refractivity contribution in [3.8, 4) is 0 Å². The maximum absolute atomic E-state index is 13.1. The Kier molecular flexibility index (Phi) is 5.34. The smallest absolute Gasteiger partial charge is 0.256 e. The molecule has 1 saturated heterocycles. The van der Waals surface area contributed by atoms with E-state index in [1.807, 2.05) is 55.3 Å². The highest BCUT2D eigenvalue weighted by molar-refractivity contribution is 5.86. The molecule has 7 heteroatoms. The second-order valence-corrected chi connectivity index (χ2v) is 8.11. The number of likely N-dealkylation sites (N-methyl/N-ethyl adjacent to an activating group) is 1. The first-order valence-corrected chi connectivity index (χ1v) is 9.90. The van der Waals surface area contributed by atoms with E-state index in [1.54, 1.807) is 4.90 Å². The molecule has 1 atom stereocenters. The Bertz CT molecular complexity index is 1020. The van der Waals surface area contributed by atoms with Crippen LogP contribution in [0.25, 0.3) is 11.0 Å². The summed E-state index contributed by atoms with van der Waals surface area (Å²) in [6.45, 7) is 4.12. The number of carbonyl (C=O) groups is 1. The van der Waals surface area contributed by atoms with Gasteiger partial charge in [-0.1, -0.05) is 35.9 Å². The number of aryl methyl sites for hydroxylation is 1. The molecule has 0 saturated carbocycles. The van der Waals surface area contributed by atoms with Crippen molar-refractivity contribution in [3.05, 3.63) is 59.2 Å². The van der Waals surface area contributed by atoms with Crippen LogP contribution in [0.5, 0.6) is 0 Å². The third kappa shape index (κ3) is 4.31. The van der Waals surface area contributed by atoms with Gasteiger partial charge >= 0.3 is 0 Å². The quantitative estimate of drug-likeness (QED) is 0.692. The summed E-state index contributed by atoms with van der Waals surface area (Å²) < 4.78 is 4.74. The number of rotatable bonds is 6. The van der Waals surface area contributed by atoms with Gasteiger partial charge in [0.05, 0.1) is 0 Å². The summed E-state index contributed by atoms with van der Waals surface area (Å²) >= 11 is 0. The van der Waals surface area contributed by atoms with E-state index in [0.29, 0.717) is 37.1 Å². The van der Waals surface area contributed by atoms with Crippen molar-refractivity contribution in [1.82, 2.24) is 20.1 Å². The highest BCUT2D eigenvalue weighted by atomic mass is 16.6. The Morgan fingerprint density at radius 3 is 2.83 bits per heavy atom. The van der Waals surface area contributed by atoms with E-state index in [0.717, 1.165) is 17.5 Å². The number of benzene rings is 2. The number of hydrogen-bond acceptors (Lipinski definition) is 6. The van der Waals surface area contributed by atoms with E-state index in [2.05, 4.69) is 16.4 Å². The average molecular weight is 394 g/mol.